The predicted molar refractivity (Wildman–Crippen MR) is 112 cm³/mol. The second-order valence-corrected chi connectivity index (χ2v) is 6.66. The van der Waals surface area contributed by atoms with Gasteiger partial charge in [0.05, 0.1) is 13.2 Å². The third kappa shape index (κ3) is 4.96. The van der Waals surface area contributed by atoms with Crippen molar-refractivity contribution < 1.29 is 14.3 Å². The maximum absolute atomic E-state index is 13.1. The summed E-state index contributed by atoms with van der Waals surface area (Å²) in [6, 6.07) is 14.7. The van der Waals surface area contributed by atoms with E-state index < -0.39 is 0 Å². The Hall–Kier alpha value is -3.28. The van der Waals surface area contributed by atoms with Gasteiger partial charge in [-0.25, -0.2) is 4.98 Å². The first-order valence-electron chi connectivity index (χ1n) is 9.86. The molecule has 0 aliphatic rings. The first-order valence-corrected chi connectivity index (χ1v) is 9.86. The Balaban J connectivity index is 1.88. The van der Waals surface area contributed by atoms with Gasteiger partial charge in [0.25, 0.3) is 5.91 Å². The van der Waals surface area contributed by atoms with Crippen LogP contribution in [0.5, 0.6) is 11.5 Å². The summed E-state index contributed by atoms with van der Waals surface area (Å²) in [6.07, 6.45) is 4.49. The number of carbonyl (C=O) groups excluding carboxylic acids is 1. The monoisotopic (exact) mass is 393 g/mol. The molecule has 1 amide bonds. The molecule has 0 spiro atoms. The van der Waals surface area contributed by atoms with Crippen LogP contribution in [-0.4, -0.2) is 28.7 Å². The summed E-state index contributed by atoms with van der Waals surface area (Å²) in [6.45, 7) is 5.04. The van der Waals surface area contributed by atoms with Gasteiger partial charge in [0.1, 0.15) is 11.9 Å². The average molecular weight is 393 g/mol. The Morgan fingerprint density at radius 3 is 2.55 bits per heavy atom. The molecule has 1 N–H and O–H groups in total. The lowest BCUT2D eigenvalue weighted by Crippen LogP contribution is -2.31. The lowest BCUT2D eigenvalue weighted by Gasteiger charge is -2.20. The van der Waals surface area contributed by atoms with Gasteiger partial charge in [0.15, 0.2) is 11.5 Å². The minimum absolute atomic E-state index is 0.204. The van der Waals surface area contributed by atoms with Crippen molar-refractivity contribution in [1.29, 1.82) is 0 Å². The molecule has 0 fully saturated rings. The Kier molecular flexibility index (Phi) is 6.89. The van der Waals surface area contributed by atoms with Gasteiger partial charge in [-0.3, -0.25) is 4.79 Å². The van der Waals surface area contributed by atoms with Crippen LogP contribution in [0.25, 0.3) is 0 Å². The molecule has 6 heteroatoms. The molecule has 1 atom stereocenters. The molecular weight excluding hydrogens is 366 g/mol. The number of hydrogen-bond acceptors (Lipinski definition) is 4. The van der Waals surface area contributed by atoms with E-state index in [0.717, 1.165) is 17.8 Å². The number of benzene rings is 2. The van der Waals surface area contributed by atoms with E-state index in [4.69, 9.17) is 9.47 Å². The second-order valence-electron chi connectivity index (χ2n) is 6.66. The number of nitrogens with one attached hydrogen (secondary N) is 1. The fraction of sp³-hybridized carbons (Fsp3) is 0.304. The fourth-order valence-corrected chi connectivity index (χ4v) is 3.06. The second kappa shape index (κ2) is 9.78. The van der Waals surface area contributed by atoms with Crippen molar-refractivity contribution in [1.82, 2.24) is 14.9 Å². The average Bonchev–Trinajstić information content (AvgIpc) is 3.17. The molecule has 152 valence electrons. The van der Waals surface area contributed by atoms with Gasteiger partial charge in [0, 0.05) is 25.0 Å². The lowest BCUT2D eigenvalue weighted by molar-refractivity contribution is 0.0940. The Bertz CT molecular complexity index is 938. The van der Waals surface area contributed by atoms with Crippen LogP contribution >= 0.6 is 0 Å². The van der Waals surface area contributed by atoms with Crippen LogP contribution in [0.3, 0.4) is 0 Å². The van der Waals surface area contributed by atoms with Crippen LogP contribution in [0.1, 0.15) is 48.1 Å². The van der Waals surface area contributed by atoms with Gasteiger partial charge in [0.2, 0.25) is 0 Å². The molecule has 6 nitrogen and oxygen atoms in total. The van der Waals surface area contributed by atoms with Crippen molar-refractivity contribution in [2.75, 3.05) is 13.2 Å². The molecule has 0 aliphatic carbocycles. The van der Waals surface area contributed by atoms with Crippen LogP contribution in [0, 0.1) is 0 Å². The van der Waals surface area contributed by atoms with Crippen LogP contribution in [0.15, 0.2) is 60.9 Å². The molecule has 0 aliphatic heterocycles. The van der Waals surface area contributed by atoms with Crippen molar-refractivity contribution in [2.45, 2.75) is 26.3 Å². The maximum atomic E-state index is 13.1. The van der Waals surface area contributed by atoms with Crippen LogP contribution in [-0.2, 0) is 7.05 Å². The van der Waals surface area contributed by atoms with Crippen molar-refractivity contribution >= 4 is 5.91 Å². The van der Waals surface area contributed by atoms with E-state index in [1.807, 2.05) is 62.0 Å². The summed E-state index contributed by atoms with van der Waals surface area (Å²) in [4.78, 5) is 17.5. The molecule has 29 heavy (non-hydrogen) atoms. The van der Waals surface area contributed by atoms with E-state index in [1.165, 1.54) is 0 Å². The highest BCUT2D eigenvalue weighted by molar-refractivity contribution is 5.95. The van der Waals surface area contributed by atoms with Crippen LogP contribution in [0.4, 0.5) is 0 Å². The number of carbonyl (C=O) groups is 1. The van der Waals surface area contributed by atoms with E-state index in [9.17, 15) is 4.79 Å². The minimum atomic E-state index is -0.365. The Morgan fingerprint density at radius 2 is 1.90 bits per heavy atom. The van der Waals surface area contributed by atoms with Crippen molar-refractivity contribution in [3.05, 3.63) is 77.9 Å². The lowest BCUT2D eigenvalue weighted by atomic mass is 10.1. The Labute approximate surface area is 171 Å². The minimum Gasteiger partial charge on any atom is -0.490 e. The molecular formula is C23H27N3O3. The molecule has 1 aromatic heterocycles. The van der Waals surface area contributed by atoms with Crippen LogP contribution < -0.4 is 14.8 Å². The zero-order chi connectivity index (χ0) is 20.6. The van der Waals surface area contributed by atoms with Gasteiger partial charge in [-0.1, -0.05) is 37.3 Å². The predicted octanol–water partition coefficient (Wildman–Crippen LogP) is 4.13. The first-order chi connectivity index (χ1) is 14.1. The summed E-state index contributed by atoms with van der Waals surface area (Å²) in [5.41, 5.74) is 1.47. The van der Waals surface area contributed by atoms with Crippen molar-refractivity contribution in [2.24, 2.45) is 7.05 Å². The quantitative estimate of drug-likeness (QED) is 0.594. The van der Waals surface area contributed by atoms with Gasteiger partial charge in [-0.15, -0.1) is 0 Å². The first kappa shape index (κ1) is 20.5. The van der Waals surface area contributed by atoms with E-state index in [-0.39, 0.29) is 11.9 Å². The maximum Gasteiger partial charge on any atom is 0.252 e. The molecule has 0 saturated carbocycles. The Morgan fingerprint density at radius 1 is 1.10 bits per heavy atom. The van der Waals surface area contributed by atoms with Crippen LogP contribution in [0.2, 0.25) is 0 Å². The largest absolute Gasteiger partial charge is 0.490 e. The molecule has 1 heterocycles. The highest BCUT2D eigenvalue weighted by Crippen LogP contribution is 2.29. The van der Waals surface area contributed by atoms with E-state index >= 15 is 0 Å². The number of imidazole rings is 1. The van der Waals surface area contributed by atoms with E-state index in [0.29, 0.717) is 30.3 Å². The number of aromatic nitrogens is 2. The standard InChI is InChI=1S/C23H27N3O3/c1-4-15-29-19-12-11-18(16-20(19)28-5-2)23(27)25-21(17-9-7-6-8-10-17)22-24-13-14-26(22)3/h6-14,16,21H,4-5,15H2,1-3H3,(H,25,27). The molecule has 3 aromatic rings. The SMILES string of the molecule is CCCOc1ccc(C(=O)NC(c2ccccc2)c2nccn2C)cc1OCC. The van der Waals surface area contributed by atoms with Gasteiger partial charge >= 0.3 is 0 Å². The summed E-state index contributed by atoms with van der Waals surface area (Å²) >= 11 is 0. The third-order valence-electron chi connectivity index (χ3n) is 4.49. The zero-order valence-corrected chi connectivity index (χ0v) is 17.1. The number of rotatable bonds is 9. The van der Waals surface area contributed by atoms with Gasteiger partial charge < -0.3 is 19.4 Å². The summed E-state index contributed by atoms with van der Waals surface area (Å²) in [7, 11) is 1.91. The zero-order valence-electron chi connectivity index (χ0n) is 17.1. The molecule has 3 rings (SSSR count). The number of nitrogens with zero attached hydrogens (tertiary/aromatic N) is 2. The smallest absolute Gasteiger partial charge is 0.252 e. The summed E-state index contributed by atoms with van der Waals surface area (Å²) < 4.78 is 13.3. The van der Waals surface area contributed by atoms with E-state index in [2.05, 4.69) is 10.3 Å². The van der Waals surface area contributed by atoms with E-state index in [1.54, 1.807) is 24.4 Å². The molecule has 0 radical (unpaired) electrons. The highest BCUT2D eigenvalue weighted by Gasteiger charge is 2.22. The molecule has 0 bridgehead atoms. The third-order valence-corrected chi connectivity index (χ3v) is 4.49. The van der Waals surface area contributed by atoms with Crippen molar-refractivity contribution in [3.8, 4) is 11.5 Å². The summed E-state index contributed by atoms with van der Waals surface area (Å²) in [5.74, 6) is 1.78. The number of ether oxygens (including phenoxy) is 2. The number of aryl methyl sites for hydroxylation is 1. The molecule has 0 saturated heterocycles. The molecule has 1 unspecified atom stereocenters. The topological polar surface area (TPSA) is 65.4 Å². The number of amides is 1. The van der Waals surface area contributed by atoms with Gasteiger partial charge in [-0.05, 0) is 37.1 Å². The molecule has 2 aromatic carbocycles. The van der Waals surface area contributed by atoms with Gasteiger partial charge in [-0.2, -0.15) is 0 Å². The highest BCUT2D eigenvalue weighted by atomic mass is 16.5. The normalized spacial score (nSPS) is 11.7. The van der Waals surface area contributed by atoms with Crippen molar-refractivity contribution in [3.63, 3.8) is 0 Å². The summed E-state index contributed by atoms with van der Waals surface area (Å²) in [5, 5.41) is 3.11. The fourth-order valence-electron chi connectivity index (χ4n) is 3.06. The number of hydrogen-bond donors (Lipinski definition) is 1.